The third-order valence-electron chi connectivity index (χ3n) is 15.9. The Bertz CT molecular complexity index is 3980. The van der Waals surface area contributed by atoms with Gasteiger partial charge in [-0.15, -0.1) is 0 Å². The minimum Gasteiger partial charge on any atom is -0.311 e. The molecule has 2 heteroatoms. The maximum absolute atomic E-state index is 2.39. The zero-order valence-electron chi connectivity index (χ0n) is 40.3. The third-order valence-corrected chi connectivity index (χ3v) is 15.9. The summed E-state index contributed by atoms with van der Waals surface area (Å²) in [4.78, 5) is 2.39. The van der Waals surface area contributed by atoms with Gasteiger partial charge < -0.3 is 9.47 Å². The molecule has 340 valence electrons. The Kier molecular flexibility index (Phi) is 9.50. The van der Waals surface area contributed by atoms with Crippen molar-refractivity contribution in [3.05, 3.63) is 300 Å². The maximum atomic E-state index is 2.39. The van der Waals surface area contributed by atoms with Crippen LogP contribution in [0.5, 0.6) is 0 Å². The molecule has 1 aromatic heterocycles. The van der Waals surface area contributed by atoms with Crippen LogP contribution in [0.2, 0.25) is 0 Å². The largest absolute Gasteiger partial charge is 0.311 e. The van der Waals surface area contributed by atoms with Gasteiger partial charge in [0.25, 0.3) is 0 Å². The van der Waals surface area contributed by atoms with E-state index in [4.69, 9.17) is 0 Å². The summed E-state index contributed by atoms with van der Waals surface area (Å²) >= 11 is 0. The van der Waals surface area contributed by atoms with Crippen molar-refractivity contribution in [1.82, 2.24) is 4.57 Å². The second-order valence-corrected chi connectivity index (χ2v) is 20.0. The molecule has 0 saturated carbocycles. The molecule has 12 aromatic rings. The van der Waals surface area contributed by atoms with Gasteiger partial charge in [0.1, 0.15) is 0 Å². The first-order chi connectivity index (χ1) is 35.5. The number of nitrogens with zero attached hydrogens (tertiary/aromatic N) is 2. The van der Waals surface area contributed by atoms with Crippen LogP contribution in [0.4, 0.5) is 17.1 Å². The van der Waals surface area contributed by atoms with Gasteiger partial charge in [0.05, 0.1) is 16.4 Å². The summed E-state index contributed by atoms with van der Waals surface area (Å²) in [5.41, 5.74) is 24.3. The quantitative estimate of drug-likeness (QED) is 0.155. The molecular weight excluding hydrogens is 869 g/mol. The van der Waals surface area contributed by atoms with E-state index in [1.54, 1.807) is 0 Å². The lowest BCUT2D eigenvalue weighted by Gasteiger charge is -2.46. The molecule has 0 fully saturated rings. The molecule has 0 bridgehead atoms. The normalized spacial score (nSPS) is 13.6. The van der Waals surface area contributed by atoms with Crippen molar-refractivity contribution < 1.29 is 0 Å². The highest BCUT2D eigenvalue weighted by atomic mass is 15.1. The van der Waals surface area contributed by atoms with Crippen LogP contribution in [0.25, 0.3) is 72.0 Å². The van der Waals surface area contributed by atoms with Gasteiger partial charge in [-0.1, -0.05) is 214 Å². The summed E-state index contributed by atoms with van der Waals surface area (Å²) in [7, 11) is 0. The second kappa shape index (κ2) is 16.3. The zero-order valence-corrected chi connectivity index (χ0v) is 40.3. The average Bonchev–Trinajstić information content (AvgIpc) is 3.95. The molecule has 0 unspecified atom stereocenters. The molecule has 2 aliphatic carbocycles. The summed E-state index contributed by atoms with van der Waals surface area (Å²) in [5.74, 6) is 0. The van der Waals surface area contributed by atoms with Gasteiger partial charge in [-0.25, -0.2) is 0 Å². The molecule has 72 heavy (non-hydrogen) atoms. The van der Waals surface area contributed by atoms with Crippen LogP contribution >= 0.6 is 0 Å². The number of rotatable bonds is 7. The SMILES string of the molecule is CC1(C)c2ccccc2C2(c3ccccc3-c3c(-c4ccc(N(c5ccc(-c6ccccc6)cc5)c5ccc(-c6ccc7c(c6)c6ccccc6n7-c6ccccc6)cc5)cc4)cccc32)c2ccccc21. The van der Waals surface area contributed by atoms with Crippen LogP contribution in [0, 0.1) is 0 Å². The van der Waals surface area contributed by atoms with Gasteiger partial charge in [-0.05, 0) is 145 Å². The lowest BCUT2D eigenvalue weighted by Crippen LogP contribution is -2.40. The van der Waals surface area contributed by atoms with E-state index in [-0.39, 0.29) is 5.41 Å². The first-order valence-electron chi connectivity index (χ1n) is 25.2. The fourth-order valence-electron chi connectivity index (χ4n) is 12.6. The molecule has 2 nitrogen and oxygen atoms in total. The predicted molar refractivity (Wildman–Crippen MR) is 301 cm³/mol. The molecule has 11 aromatic carbocycles. The average molecular weight is 919 g/mol. The van der Waals surface area contributed by atoms with Crippen LogP contribution in [0.1, 0.15) is 47.2 Å². The molecule has 0 amide bonds. The Morgan fingerprint density at radius 2 is 0.750 bits per heavy atom. The van der Waals surface area contributed by atoms with Crippen molar-refractivity contribution in [2.45, 2.75) is 24.7 Å². The van der Waals surface area contributed by atoms with Crippen molar-refractivity contribution in [1.29, 1.82) is 0 Å². The molecule has 0 N–H and O–H groups in total. The molecule has 0 aliphatic heterocycles. The molecule has 0 atom stereocenters. The lowest BCUT2D eigenvalue weighted by atomic mass is 9.55. The summed E-state index contributed by atoms with van der Waals surface area (Å²) < 4.78 is 2.37. The topological polar surface area (TPSA) is 8.17 Å². The molecule has 1 heterocycles. The van der Waals surface area contributed by atoms with E-state index in [9.17, 15) is 0 Å². The molecule has 14 rings (SSSR count). The fourth-order valence-corrected chi connectivity index (χ4v) is 12.6. The number of hydrogen-bond acceptors (Lipinski definition) is 1. The standard InChI is InChI=1S/C70H50N2/c1-69(2)61-26-12-14-28-63(61)70(64-29-15-13-27-62(64)69)60-25-11-9-23-58(60)68-56(24-17-30-65(68)70)50-36-43-55(44-37-50)71(53-39-32-48(33-40-53)47-18-5-3-6-19-47)54-41-34-49(35-42-54)51-38-45-67-59(46-51)57-22-10-16-31-66(57)72(67)52-20-7-4-8-21-52/h3-46H,1-2H3. The van der Waals surface area contributed by atoms with Crippen molar-refractivity contribution in [2.24, 2.45) is 0 Å². The lowest BCUT2D eigenvalue weighted by molar-refractivity contribution is 0.563. The number of aromatic nitrogens is 1. The van der Waals surface area contributed by atoms with Crippen LogP contribution in [-0.2, 0) is 10.8 Å². The Balaban J connectivity index is 0.875. The smallest absolute Gasteiger partial charge is 0.0719 e. The molecular formula is C70H50N2. The van der Waals surface area contributed by atoms with Crippen LogP contribution in [-0.4, -0.2) is 4.57 Å². The van der Waals surface area contributed by atoms with E-state index in [0.29, 0.717) is 0 Å². The zero-order chi connectivity index (χ0) is 48.0. The highest BCUT2D eigenvalue weighted by Crippen LogP contribution is 2.63. The van der Waals surface area contributed by atoms with Gasteiger partial charge in [-0.3, -0.25) is 0 Å². The van der Waals surface area contributed by atoms with Crippen LogP contribution < -0.4 is 4.90 Å². The Morgan fingerprint density at radius 3 is 1.39 bits per heavy atom. The van der Waals surface area contributed by atoms with E-state index in [2.05, 4.69) is 290 Å². The van der Waals surface area contributed by atoms with Gasteiger partial charge in [0.15, 0.2) is 0 Å². The van der Waals surface area contributed by atoms with Crippen molar-refractivity contribution in [3.63, 3.8) is 0 Å². The maximum Gasteiger partial charge on any atom is 0.0719 e. The molecule has 0 radical (unpaired) electrons. The number of anilines is 3. The van der Waals surface area contributed by atoms with E-state index >= 15 is 0 Å². The Hall–Kier alpha value is -8.98. The number of fused-ring (bicyclic) bond motifs is 12. The van der Waals surface area contributed by atoms with E-state index in [1.165, 1.54) is 99.7 Å². The van der Waals surface area contributed by atoms with E-state index < -0.39 is 5.41 Å². The van der Waals surface area contributed by atoms with Gasteiger partial charge >= 0.3 is 0 Å². The van der Waals surface area contributed by atoms with Crippen molar-refractivity contribution >= 4 is 38.9 Å². The first kappa shape index (κ1) is 41.9. The highest BCUT2D eigenvalue weighted by molar-refractivity contribution is 6.10. The number of benzene rings is 11. The monoisotopic (exact) mass is 918 g/mol. The Morgan fingerprint density at radius 1 is 0.306 bits per heavy atom. The number of hydrogen-bond donors (Lipinski definition) is 0. The van der Waals surface area contributed by atoms with E-state index in [0.717, 1.165) is 22.7 Å². The van der Waals surface area contributed by atoms with Crippen LogP contribution in [0.3, 0.4) is 0 Å². The minimum atomic E-state index is -0.438. The molecule has 2 aliphatic rings. The summed E-state index contributed by atoms with van der Waals surface area (Å²) in [6.45, 7) is 4.78. The Labute approximate surface area is 421 Å². The number of para-hydroxylation sites is 2. The fraction of sp³-hybridized carbons (Fsp3) is 0.0571. The summed E-state index contributed by atoms with van der Waals surface area (Å²) in [6.07, 6.45) is 0. The highest BCUT2D eigenvalue weighted by Gasteiger charge is 2.53. The van der Waals surface area contributed by atoms with Gasteiger partial charge in [0, 0.05) is 38.9 Å². The molecule has 1 spiro atoms. The van der Waals surface area contributed by atoms with Crippen molar-refractivity contribution in [2.75, 3.05) is 4.90 Å². The minimum absolute atomic E-state index is 0.141. The summed E-state index contributed by atoms with van der Waals surface area (Å²) in [5, 5.41) is 2.50. The second-order valence-electron chi connectivity index (χ2n) is 20.0. The van der Waals surface area contributed by atoms with Crippen LogP contribution in [0.15, 0.2) is 267 Å². The first-order valence-corrected chi connectivity index (χ1v) is 25.2. The van der Waals surface area contributed by atoms with Gasteiger partial charge in [-0.2, -0.15) is 0 Å². The van der Waals surface area contributed by atoms with Gasteiger partial charge in [0.2, 0.25) is 0 Å². The van der Waals surface area contributed by atoms with E-state index in [1.807, 2.05) is 0 Å². The van der Waals surface area contributed by atoms with Crippen molar-refractivity contribution in [3.8, 4) is 50.2 Å². The third kappa shape index (κ3) is 6.22. The predicted octanol–water partition coefficient (Wildman–Crippen LogP) is 18.3. The summed E-state index contributed by atoms with van der Waals surface area (Å²) in [6, 6.07) is 98.8. The molecule has 0 saturated heterocycles.